The molecule has 5 nitrogen and oxygen atoms in total. The average Bonchev–Trinajstić information content (AvgIpc) is 2.38. The average molecular weight is 260 g/mol. The number of rotatable bonds is 4. The van der Waals surface area contributed by atoms with Crippen molar-refractivity contribution in [3.8, 4) is 11.6 Å². The van der Waals surface area contributed by atoms with Gasteiger partial charge < -0.3 is 14.8 Å². The first-order valence-electron chi connectivity index (χ1n) is 6.07. The van der Waals surface area contributed by atoms with Gasteiger partial charge >= 0.3 is 0 Å². The Labute approximate surface area is 110 Å². The third-order valence-corrected chi connectivity index (χ3v) is 2.59. The van der Waals surface area contributed by atoms with Gasteiger partial charge in [-0.2, -0.15) is 4.98 Å². The van der Waals surface area contributed by atoms with Crippen LogP contribution in [0.3, 0.4) is 0 Å². The number of hydrogen-bond donors (Lipinski definition) is 2. The zero-order valence-corrected chi connectivity index (χ0v) is 10.9. The number of aromatic nitrogens is 2. The Balaban J connectivity index is 2.29. The maximum absolute atomic E-state index is 11.5. The van der Waals surface area contributed by atoms with Crippen LogP contribution in [0.15, 0.2) is 35.1 Å². The molecule has 2 aromatic rings. The van der Waals surface area contributed by atoms with Gasteiger partial charge in [-0.05, 0) is 17.7 Å². The quantitative estimate of drug-likeness (QED) is 0.883. The van der Waals surface area contributed by atoms with Gasteiger partial charge in [0.25, 0.3) is 5.56 Å². The van der Waals surface area contributed by atoms with Gasteiger partial charge in [0.15, 0.2) is 0 Å². The first kappa shape index (κ1) is 13.3. The minimum Gasteiger partial charge on any atom is -0.439 e. The van der Waals surface area contributed by atoms with E-state index in [1.165, 1.54) is 6.07 Å². The molecule has 0 bridgehead atoms. The number of aromatic amines is 1. The largest absolute Gasteiger partial charge is 0.439 e. The van der Waals surface area contributed by atoms with E-state index in [9.17, 15) is 4.79 Å². The van der Waals surface area contributed by atoms with Crippen LogP contribution in [0.25, 0.3) is 0 Å². The second-order valence-electron chi connectivity index (χ2n) is 4.53. The molecule has 0 aliphatic carbocycles. The molecule has 0 radical (unpaired) electrons. The van der Waals surface area contributed by atoms with E-state index in [2.05, 4.69) is 9.97 Å². The van der Waals surface area contributed by atoms with Crippen LogP contribution in [0, 0.1) is 0 Å². The first-order valence-corrected chi connectivity index (χ1v) is 6.07. The standard InChI is InChI=1S/C14H16N2O3/c1-9(2)14-15-12(18)7-13(16-14)19-11-5-3-4-10(6-11)8-17/h3-7,9,17H,8H2,1-2H3,(H,15,16,18). The summed E-state index contributed by atoms with van der Waals surface area (Å²) in [5, 5.41) is 9.06. The number of nitrogens with one attached hydrogen (secondary N) is 1. The highest BCUT2D eigenvalue weighted by Crippen LogP contribution is 2.20. The SMILES string of the molecule is CC(C)c1nc(Oc2cccc(CO)c2)cc(=O)[nH]1. The van der Waals surface area contributed by atoms with Crippen LogP contribution >= 0.6 is 0 Å². The fourth-order valence-electron chi connectivity index (χ4n) is 1.61. The summed E-state index contributed by atoms with van der Waals surface area (Å²) in [6.07, 6.45) is 0. The van der Waals surface area contributed by atoms with Crippen LogP contribution in [0.1, 0.15) is 31.2 Å². The molecular weight excluding hydrogens is 244 g/mol. The van der Waals surface area contributed by atoms with Crippen molar-refractivity contribution in [1.29, 1.82) is 0 Å². The van der Waals surface area contributed by atoms with Gasteiger partial charge in [-0.25, -0.2) is 0 Å². The Morgan fingerprint density at radius 1 is 1.37 bits per heavy atom. The second-order valence-corrected chi connectivity index (χ2v) is 4.53. The molecule has 1 aromatic carbocycles. The van der Waals surface area contributed by atoms with Crippen LogP contribution in [-0.4, -0.2) is 15.1 Å². The van der Waals surface area contributed by atoms with Crippen molar-refractivity contribution < 1.29 is 9.84 Å². The van der Waals surface area contributed by atoms with Gasteiger partial charge in [0.05, 0.1) is 12.7 Å². The zero-order valence-electron chi connectivity index (χ0n) is 10.9. The molecule has 0 spiro atoms. The number of ether oxygens (including phenoxy) is 1. The van der Waals surface area contributed by atoms with Crippen LogP contribution in [-0.2, 0) is 6.61 Å². The smallest absolute Gasteiger partial charge is 0.254 e. The van der Waals surface area contributed by atoms with Crippen LogP contribution in [0.2, 0.25) is 0 Å². The Kier molecular flexibility index (Phi) is 3.97. The number of aliphatic hydroxyl groups is 1. The molecule has 100 valence electrons. The van der Waals surface area contributed by atoms with Gasteiger partial charge in [-0.15, -0.1) is 0 Å². The van der Waals surface area contributed by atoms with E-state index in [0.29, 0.717) is 11.6 Å². The summed E-state index contributed by atoms with van der Waals surface area (Å²) in [7, 11) is 0. The molecule has 1 aromatic heterocycles. The Bertz CT molecular complexity index is 620. The predicted octanol–water partition coefficient (Wildman–Crippen LogP) is 2.18. The van der Waals surface area contributed by atoms with E-state index < -0.39 is 0 Å². The molecule has 0 fully saturated rings. The lowest BCUT2D eigenvalue weighted by Gasteiger charge is -2.08. The van der Waals surface area contributed by atoms with Crippen molar-refractivity contribution in [2.24, 2.45) is 0 Å². The van der Waals surface area contributed by atoms with E-state index in [4.69, 9.17) is 9.84 Å². The Morgan fingerprint density at radius 3 is 2.84 bits per heavy atom. The number of hydrogen-bond acceptors (Lipinski definition) is 4. The minimum atomic E-state index is -0.244. The van der Waals surface area contributed by atoms with Crippen molar-refractivity contribution in [2.75, 3.05) is 0 Å². The highest BCUT2D eigenvalue weighted by Gasteiger charge is 2.07. The molecule has 0 amide bonds. The first-order chi connectivity index (χ1) is 9.08. The molecule has 0 atom stereocenters. The van der Waals surface area contributed by atoms with Gasteiger partial charge in [0.1, 0.15) is 11.6 Å². The molecule has 0 aliphatic heterocycles. The molecule has 5 heteroatoms. The molecule has 19 heavy (non-hydrogen) atoms. The summed E-state index contributed by atoms with van der Waals surface area (Å²) in [5.74, 6) is 1.49. The molecule has 0 unspecified atom stereocenters. The maximum atomic E-state index is 11.5. The summed E-state index contributed by atoms with van der Waals surface area (Å²) in [4.78, 5) is 18.4. The monoisotopic (exact) mass is 260 g/mol. The van der Waals surface area contributed by atoms with E-state index in [0.717, 1.165) is 5.56 Å². The van der Waals surface area contributed by atoms with Gasteiger partial charge in [0.2, 0.25) is 5.88 Å². The summed E-state index contributed by atoms with van der Waals surface area (Å²) >= 11 is 0. The molecule has 2 N–H and O–H groups in total. The topological polar surface area (TPSA) is 75.2 Å². The number of aliphatic hydroxyl groups excluding tert-OH is 1. The lowest BCUT2D eigenvalue weighted by atomic mass is 10.2. The van der Waals surface area contributed by atoms with Crippen molar-refractivity contribution >= 4 is 0 Å². The summed E-state index contributed by atoms with van der Waals surface area (Å²) < 4.78 is 5.55. The van der Waals surface area contributed by atoms with Crippen molar-refractivity contribution in [3.63, 3.8) is 0 Å². The number of H-pyrrole nitrogens is 1. The fourth-order valence-corrected chi connectivity index (χ4v) is 1.61. The molecule has 2 rings (SSSR count). The normalized spacial score (nSPS) is 10.7. The Hall–Kier alpha value is -2.14. The molecule has 0 saturated heterocycles. The Morgan fingerprint density at radius 2 is 2.16 bits per heavy atom. The fraction of sp³-hybridized carbons (Fsp3) is 0.286. The van der Waals surface area contributed by atoms with Crippen molar-refractivity contribution in [3.05, 3.63) is 52.1 Å². The third-order valence-electron chi connectivity index (χ3n) is 2.59. The number of nitrogens with zero attached hydrogens (tertiary/aromatic N) is 1. The lowest BCUT2D eigenvalue weighted by molar-refractivity contribution is 0.281. The third kappa shape index (κ3) is 3.42. The zero-order chi connectivity index (χ0) is 13.8. The molecular formula is C14H16N2O3. The highest BCUT2D eigenvalue weighted by molar-refractivity contribution is 5.31. The summed E-state index contributed by atoms with van der Waals surface area (Å²) in [6.45, 7) is 3.82. The molecule has 0 saturated carbocycles. The summed E-state index contributed by atoms with van der Waals surface area (Å²) in [6, 6.07) is 8.32. The lowest BCUT2D eigenvalue weighted by Crippen LogP contribution is -2.11. The van der Waals surface area contributed by atoms with Gasteiger partial charge in [-0.1, -0.05) is 26.0 Å². The van der Waals surface area contributed by atoms with E-state index in [1.54, 1.807) is 24.3 Å². The maximum Gasteiger partial charge on any atom is 0.254 e. The van der Waals surface area contributed by atoms with Crippen LogP contribution < -0.4 is 10.3 Å². The molecule has 1 heterocycles. The summed E-state index contributed by atoms with van der Waals surface area (Å²) in [5.41, 5.74) is 0.499. The van der Waals surface area contributed by atoms with Crippen molar-refractivity contribution in [2.45, 2.75) is 26.4 Å². The molecule has 0 aliphatic rings. The predicted molar refractivity (Wildman–Crippen MR) is 71.4 cm³/mol. The highest BCUT2D eigenvalue weighted by atomic mass is 16.5. The van der Waals surface area contributed by atoms with E-state index in [1.807, 2.05) is 13.8 Å². The van der Waals surface area contributed by atoms with E-state index >= 15 is 0 Å². The van der Waals surface area contributed by atoms with Crippen LogP contribution in [0.5, 0.6) is 11.6 Å². The number of benzene rings is 1. The van der Waals surface area contributed by atoms with E-state index in [-0.39, 0.29) is 24.0 Å². The second kappa shape index (κ2) is 5.67. The van der Waals surface area contributed by atoms with Crippen LogP contribution in [0.4, 0.5) is 0 Å². The minimum absolute atomic E-state index is 0.0583. The van der Waals surface area contributed by atoms with Gasteiger partial charge in [-0.3, -0.25) is 4.79 Å². The van der Waals surface area contributed by atoms with Crippen molar-refractivity contribution in [1.82, 2.24) is 9.97 Å². The van der Waals surface area contributed by atoms with Gasteiger partial charge in [0, 0.05) is 5.92 Å².